The van der Waals surface area contributed by atoms with Crippen molar-refractivity contribution in [2.45, 2.75) is 37.7 Å². The molecular weight excluding hydrogens is 254 g/mol. The second-order valence-electron chi connectivity index (χ2n) is 4.56. The number of thioether (sulfide) groups is 2. The number of carbonyl (C=O) groups is 1. The molecular formula is C11H21N3OS2. The van der Waals surface area contributed by atoms with Gasteiger partial charge in [0, 0.05) is 17.2 Å². The SMILES string of the molecule is CC(C)/C(CCC1(C)SCCS1)=N/NC(N)=O. The maximum Gasteiger partial charge on any atom is 0.332 e. The molecule has 0 saturated carbocycles. The zero-order valence-corrected chi connectivity index (χ0v) is 12.3. The van der Waals surface area contributed by atoms with Crippen LogP contribution in [0.3, 0.4) is 0 Å². The van der Waals surface area contributed by atoms with E-state index in [4.69, 9.17) is 5.73 Å². The smallest absolute Gasteiger partial charge is 0.332 e. The monoisotopic (exact) mass is 275 g/mol. The van der Waals surface area contributed by atoms with Crippen LogP contribution in [0.15, 0.2) is 5.10 Å². The Bertz CT molecular complexity index is 299. The van der Waals surface area contributed by atoms with E-state index < -0.39 is 6.03 Å². The summed E-state index contributed by atoms with van der Waals surface area (Å²) in [5.41, 5.74) is 8.36. The van der Waals surface area contributed by atoms with Crippen LogP contribution in [0.2, 0.25) is 0 Å². The van der Waals surface area contributed by atoms with Gasteiger partial charge in [0.2, 0.25) is 0 Å². The highest BCUT2D eigenvalue weighted by Crippen LogP contribution is 2.46. The number of rotatable bonds is 5. The maximum atomic E-state index is 10.6. The molecule has 1 saturated heterocycles. The Morgan fingerprint density at radius 2 is 2.06 bits per heavy atom. The zero-order valence-electron chi connectivity index (χ0n) is 10.7. The van der Waals surface area contributed by atoms with Gasteiger partial charge in [-0.2, -0.15) is 5.10 Å². The van der Waals surface area contributed by atoms with Crippen molar-refractivity contribution in [1.82, 2.24) is 5.43 Å². The van der Waals surface area contributed by atoms with Gasteiger partial charge in [0.25, 0.3) is 0 Å². The fourth-order valence-electron chi connectivity index (χ4n) is 1.66. The van der Waals surface area contributed by atoms with Gasteiger partial charge in [-0.05, 0) is 25.7 Å². The summed E-state index contributed by atoms with van der Waals surface area (Å²) in [6.45, 7) is 6.45. The normalized spacial score (nSPS) is 19.6. The quantitative estimate of drug-likeness (QED) is 0.599. The number of carbonyl (C=O) groups excluding carboxylic acids is 1. The van der Waals surface area contributed by atoms with Crippen molar-refractivity contribution in [2.24, 2.45) is 16.8 Å². The van der Waals surface area contributed by atoms with Crippen molar-refractivity contribution in [2.75, 3.05) is 11.5 Å². The molecule has 0 bridgehead atoms. The molecule has 2 amide bonds. The Morgan fingerprint density at radius 3 is 2.53 bits per heavy atom. The molecule has 0 aliphatic carbocycles. The van der Waals surface area contributed by atoms with Gasteiger partial charge in [-0.15, -0.1) is 23.5 Å². The molecule has 0 spiro atoms. The second kappa shape index (κ2) is 6.54. The van der Waals surface area contributed by atoms with E-state index in [0.29, 0.717) is 10.00 Å². The Morgan fingerprint density at radius 1 is 1.47 bits per heavy atom. The first-order valence-electron chi connectivity index (χ1n) is 5.83. The average Bonchev–Trinajstić information content (AvgIpc) is 2.64. The molecule has 1 heterocycles. The van der Waals surface area contributed by atoms with E-state index >= 15 is 0 Å². The topological polar surface area (TPSA) is 67.5 Å². The molecule has 4 nitrogen and oxygen atoms in total. The number of nitrogens with one attached hydrogen (secondary N) is 1. The van der Waals surface area contributed by atoms with Gasteiger partial charge in [0.15, 0.2) is 0 Å². The lowest BCUT2D eigenvalue weighted by Gasteiger charge is -2.22. The first kappa shape index (κ1) is 14.7. The number of amides is 2. The van der Waals surface area contributed by atoms with Crippen LogP contribution in [0, 0.1) is 5.92 Å². The lowest BCUT2D eigenvalue weighted by molar-refractivity contribution is 0.249. The maximum absolute atomic E-state index is 10.6. The van der Waals surface area contributed by atoms with Crippen molar-refractivity contribution < 1.29 is 4.79 Å². The van der Waals surface area contributed by atoms with E-state index in [1.807, 2.05) is 23.5 Å². The zero-order chi connectivity index (χ0) is 12.9. The summed E-state index contributed by atoms with van der Waals surface area (Å²) in [5, 5.41) is 4.09. The van der Waals surface area contributed by atoms with Gasteiger partial charge >= 0.3 is 6.03 Å². The van der Waals surface area contributed by atoms with Crippen LogP contribution in [-0.4, -0.2) is 27.3 Å². The number of hydrogen-bond donors (Lipinski definition) is 2. The number of hydrazone groups is 1. The van der Waals surface area contributed by atoms with Gasteiger partial charge in [-0.25, -0.2) is 10.2 Å². The molecule has 0 atom stereocenters. The second-order valence-corrected chi connectivity index (χ2v) is 8.02. The fourth-order valence-corrected chi connectivity index (χ4v) is 4.51. The Hall–Kier alpha value is -0.360. The van der Waals surface area contributed by atoms with Crippen molar-refractivity contribution in [3.63, 3.8) is 0 Å². The van der Waals surface area contributed by atoms with E-state index in [1.54, 1.807) is 0 Å². The number of nitrogens with zero attached hydrogens (tertiary/aromatic N) is 1. The molecule has 0 radical (unpaired) electrons. The molecule has 0 unspecified atom stereocenters. The molecule has 1 aliphatic heterocycles. The number of primary amides is 1. The molecule has 1 aliphatic rings. The van der Waals surface area contributed by atoms with E-state index in [0.717, 1.165) is 18.6 Å². The van der Waals surface area contributed by atoms with Crippen LogP contribution in [-0.2, 0) is 0 Å². The van der Waals surface area contributed by atoms with E-state index in [-0.39, 0.29) is 0 Å². The highest BCUT2D eigenvalue weighted by Gasteiger charge is 2.30. The summed E-state index contributed by atoms with van der Waals surface area (Å²) >= 11 is 4.04. The molecule has 0 aromatic heterocycles. The molecule has 3 N–H and O–H groups in total. The third-order valence-corrected chi connectivity index (χ3v) is 6.12. The van der Waals surface area contributed by atoms with Gasteiger partial charge < -0.3 is 5.73 Å². The van der Waals surface area contributed by atoms with Crippen LogP contribution in [0.5, 0.6) is 0 Å². The Balaban J connectivity index is 2.49. The summed E-state index contributed by atoms with van der Waals surface area (Å²) in [6, 6.07) is -0.598. The van der Waals surface area contributed by atoms with Crippen molar-refractivity contribution >= 4 is 35.3 Å². The summed E-state index contributed by atoms with van der Waals surface area (Å²) in [4.78, 5) is 10.6. The predicted octanol–water partition coefficient (Wildman–Crippen LogP) is 2.64. The first-order chi connectivity index (χ1) is 7.93. The minimum atomic E-state index is -0.598. The molecule has 0 aromatic carbocycles. The number of nitrogens with two attached hydrogens (primary N) is 1. The summed E-state index contributed by atoms with van der Waals surface area (Å²) in [7, 11) is 0. The van der Waals surface area contributed by atoms with Gasteiger partial charge in [-0.3, -0.25) is 0 Å². The fraction of sp³-hybridized carbons (Fsp3) is 0.818. The van der Waals surface area contributed by atoms with E-state index in [2.05, 4.69) is 31.3 Å². The average molecular weight is 275 g/mol. The minimum Gasteiger partial charge on any atom is -0.350 e. The highest BCUT2D eigenvalue weighted by molar-refractivity contribution is 8.21. The summed E-state index contributed by atoms with van der Waals surface area (Å²) < 4.78 is 0.308. The van der Waals surface area contributed by atoms with Gasteiger partial charge in [-0.1, -0.05) is 13.8 Å². The van der Waals surface area contributed by atoms with Crippen molar-refractivity contribution in [3.8, 4) is 0 Å². The van der Waals surface area contributed by atoms with Crippen LogP contribution in [0.1, 0.15) is 33.6 Å². The molecule has 1 fully saturated rings. The highest BCUT2D eigenvalue weighted by atomic mass is 32.2. The van der Waals surface area contributed by atoms with Crippen LogP contribution < -0.4 is 11.2 Å². The van der Waals surface area contributed by atoms with Gasteiger partial charge in [0.05, 0.1) is 4.08 Å². The van der Waals surface area contributed by atoms with Crippen molar-refractivity contribution in [3.05, 3.63) is 0 Å². The standard InChI is InChI=1S/C11H21N3OS2/c1-8(2)9(13-14-10(12)15)4-5-11(3)16-6-7-17-11/h8H,4-7H2,1-3H3,(H3,12,14,15)/b13-9+. The van der Waals surface area contributed by atoms with Crippen molar-refractivity contribution in [1.29, 1.82) is 0 Å². The van der Waals surface area contributed by atoms with E-state index in [9.17, 15) is 4.79 Å². The summed E-state index contributed by atoms with van der Waals surface area (Å²) in [5.74, 6) is 2.80. The molecule has 1 rings (SSSR count). The lowest BCUT2D eigenvalue weighted by Crippen LogP contribution is -2.27. The van der Waals surface area contributed by atoms with Gasteiger partial charge in [0.1, 0.15) is 0 Å². The Kier molecular flexibility index (Phi) is 5.66. The Labute approximate surface area is 112 Å². The largest absolute Gasteiger partial charge is 0.350 e. The molecule has 6 heteroatoms. The first-order valence-corrected chi connectivity index (χ1v) is 7.80. The van der Waals surface area contributed by atoms with E-state index in [1.165, 1.54) is 11.5 Å². The predicted molar refractivity (Wildman–Crippen MR) is 77.5 cm³/mol. The third-order valence-electron chi connectivity index (χ3n) is 2.71. The number of urea groups is 1. The van der Waals surface area contributed by atoms with Crippen LogP contribution >= 0.6 is 23.5 Å². The van der Waals surface area contributed by atoms with Crippen LogP contribution in [0.4, 0.5) is 4.79 Å². The molecule has 17 heavy (non-hydrogen) atoms. The van der Waals surface area contributed by atoms with Crippen LogP contribution in [0.25, 0.3) is 0 Å². The molecule has 0 aromatic rings. The number of hydrogen-bond acceptors (Lipinski definition) is 4. The summed E-state index contributed by atoms with van der Waals surface area (Å²) in [6.07, 6.45) is 1.99. The minimum absolute atomic E-state index is 0.308. The molecule has 98 valence electrons. The third kappa shape index (κ3) is 5.21. The lowest BCUT2D eigenvalue weighted by atomic mass is 10.0.